The van der Waals surface area contributed by atoms with Crippen molar-refractivity contribution in [3.05, 3.63) is 49.1 Å². The molecule has 0 spiro atoms. The third-order valence-electron chi connectivity index (χ3n) is 3.33. The van der Waals surface area contributed by atoms with Crippen molar-refractivity contribution in [1.29, 1.82) is 0 Å². The first kappa shape index (κ1) is 20.4. The molecule has 22 heavy (non-hydrogen) atoms. The summed E-state index contributed by atoms with van der Waals surface area (Å²) >= 11 is 0. The monoisotopic (exact) mass is 304 g/mol. The van der Waals surface area contributed by atoms with Crippen LogP contribution in [-0.4, -0.2) is 11.1 Å². The Morgan fingerprint density at radius 3 is 1.86 bits per heavy atom. The lowest BCUT2D eigenvalue weighted by molar-refractivity contribution is -0.137. The van der Waals surface area contributed by atoms with Gasteiger partial charge in [0.25, 0.3) is 0 Å². The number of hydrogen-bond donors (Lipinski definition) is 1. The third kappa shape index (κ3) is 18.4. The Hall–Kier alpha value is -1.57. The van der Waals surface area contributed by atoms with Gasteiger partial charge in [0.05, 0.1) is 0 Å². The Morgan fingerprint density at radius 1 is 0.727 bits per heavy atom. The van der Waals surface area contributed by atoms with E-state index in [2.05, 4.69) is 43.0 Å². The fourth-order valence-corrected chi connectivity index (χ4v) is 2.05. The molecule has 0 bridgehead atoms. The van der Waals surface area contributed by atoms with E-state index < -0.39 is 5.97 Å². The van der Waals surface area contributed by atoms with E-state index in [1.165, 1.54) is 6.42 Å². The van der Waals surface area contributed by atoms with Crippen LogP contribution in [0.3, 0.4) is 0 Å². The van der Waals surface area contributed by atoms with Crippen molar-refractivity contribution in [3.63, 3.8) is 0 Å². The molecule has 2 nitrogen and oxygen atoms in total. The predicted octanol–water partition coefficient (Wildman–Crippen LogP) is 6.22. The molecule has 0 aliphatic rings. The van der Waals surface area contributed by atoms with Gasteiger partial charge in [0.1, 0.15) is 0 Å². The summed E-state index contributed by atoms with van der Waals surface area (Å²) in [7, 11) is 0. The minimum Gasteiger partial charge on any atom is -0.481 e. The number of rotatable bonds is 15. The van der Waals surface area contributed by atoms with Gasteiger partial charge in [0, 0.05) is 6.42 Å². The summed E-state index contributed by atoms with van der Waals surface area (Å²) in [4.78, 5) is 10.3. The number of unbranched alkanes of at least 4 members (excludes halogenated alkanes) is 6. The first-order valence-electron chi connectivity index (χ1n) is 8.55. The summed E-state index contributed by atoms with van der Waals surface area (Å²) in [6.45, 7) is 3.71. The molecule has 0 saturated carbocycles. The van der Waals surface area contributed by atoms with Crippen molar-refractivity contribution in [2.45, 2.75) is 70.6 Å². The van der Waals surface area contributed by atoms with E-state index >= 15 is 0 Å². The Balaban J connectivity index is 3.30. The van der Waals surface area contributed by atoms with Gasteiger partial charge in [-0.25, -0.2) is 0 Å². The van der Waals surface area contributed by atoms with Crippen molar-refractivity contribution in [2.75, 3.05) is 0 Å². The second-order valence-corrected chi connectivity index (χ2v) is 5.45. The number of carboxylic acid groups (broad SMARTS) is 1. The van der Waals surface area contributed by atoms with E-state index in [1.807, 2.05) is 6.08 Å². The number of allylic oxidation sites excluding steroid dienone is 7. The largest absolute Gasteiger partial charge is 0.481 e. The number of carbonyl (C=O) groups is 1. The van der Waals surface area contributed by atoms with Gasteiger partial charge in [-0.15, -0.1) is 6.58 Å². The zero-order valence-corrected chi connectivity index (χ0v) is 13.9. The van der Waals surface area contributed by atoms with Gasteiger partial charge in [0.15, 0.2) is 0 Å². The summed E-state index contributed by atoms with van der Waals surface area (Å²) < 4.78 is 0. The summed E-state index contributed by atoms with van der Waals surface area (Å²) in [6.07, 6.45) is 26.3. The van der Waals surface area contributed by atoms with Crippen molar-refractivity contribution in [1.82, 2.24) is 0 Å². The molecule has 0 radical (unpaired) electrons. The fraction of sp³-hybridized carbons (Fsp3) is 0.550. The minimum atomic E-state index is -0.682. The molecule has 0 aromatic carbocycles. The van der Waals surface area contributed by atoms with Crippen molar-refractivity contribution >= 4 is 5.97 Å². The minimum absolute atomic E-state index is 0.309. The van der Waals surface area contributed by atoms with Gasteiger partial charge < -0.3 is 5.11 Å². The molecule has 0 aromatic rings. The third-order valence-corrected chi connectivity index (χ3v) is 3.33. The van der Waals surface area contributed by atoms with Crippen molar-refractivity contribution < 1.29 is 9.90 Å². The van der Waals surface area contributed by atoms with Crippen LogP contribution in [0.5, 0.6) is 0 Å². The van der Waals surface area contributed by atoms with Crippen LogP contribution in [0, 0.1) is 0 Å². The maximum atomic E-state index is 10.3. The molecule has 0 aliphatic carbocycles. The van der Waals surface area contributed by atoms with Crippen LogP contribution in [-0.2, 0) is 4.79 Å². The quantitative estimate of drug-likeness (QED) is 0.288. The van der Waals surface area contributed by atoms with Gasteiger partial charge in [-0.3, -0.25) is 4.79 Å². The molecule has 0 aliphatic heterocycles. The van der Waals surface area contributed by atoms with Crippen LogP contribution in [0.25, 0.3) is 0 Å². The van der Waals surface area contributed by atoms with Crippen LogP contribution in [0.4, 0.5) is 0 Å². The highest BCUT2D eigenvalue weighted by Gasteiger charge is 1.95. The van der Waals surface area contributed by atoms with Gasteiger partial charge in [-0.2, -0.15) is 0 Å². The lowest BCUT2D eigenvalue weighted by Gasteiger charge is -1.96. The van der Waals surface area contributed by atoms with Gasteiger partial charge >= 0.3 is 5.97 Å². The molecule has 0 rings (SSSR count). The maximum absolute atomic E-state index is 10.3. The smallest absolute Gasteiger partial charge is 0.303 e. The molecular formula is C20H32O2. The molecule has 0 atom stereocenters. The highest BCUT2D eigenvalue weighted by molar-refractivity contribution is 5.66. The Bertz CT molecular complexity index is 351. The average molecular weight is 304 g/mol. The molecule has 0 saturated heterocycles. The predicted molar refractivity (Wildman–Crippen MR) is 96.0 cm³/mol. The number of aliphatic carboxylic acids is 1. The van der Waals surface area contributed by atoms with Crippen LogP contribution >= 0.6 is 0 Å². The zero-order valence-electron chi connectivity index (χ0n) is 13.9. The Kier molecular flexibility index (Phi) is 16.2. The second-order valence-electron chi connectivity index (χ2n) is 5.45. The maximum Gasteiger partial charge on any atom is 0.303 e. The molecule has 1 N–H and O–H groups in total. The number of hydrogen-bond acceptors (Lipinski definition) is 1. The van der Waals surface area contributed by atoms with Crippen molar-refractivity contribution in [2.24, 2.45) is 0 Å². The first-order valence-corrected chi connectivity index (χ1v) is 8.55. The standard InChI is InChI=1S/C20H32O2/c1-2-3-4-5-6-7-8-9-10-11-12-13-14-15-16-17-18-19-20(21)22/h2,6-7,9-10,12-13H,1,3-5,8,11,14-19H2,(H,21,22). The Labute approximate surface area is 136 Å². The summed E-state index contributed by atoms with van der Waals surface area (Å²) in [5.41, 5.74) is 0. The highest BCUT2D eigenvalue weighted by Crippen LogP contribution is 2.06. The van der Waals surface area contributed by atoms with Gasteiger partial charge in [-0.1, -0.05) is 55.4 Å². The van der Waals surface area contributed by atoms with E-state index in [0.29, 0.717) is 6.42 Å². The topological polar surface area (TPSA) is 37.3 Å². The molecule has 2 heteroatoms. The zero-order chi connectivity index (χ0) is 16.3. The molecule has 124 valence electrons. The van der Waals surface area contributed by atoms with E-state index in [-0.39, 0.29) is 0 Å². The van der Waals surface area contributed by atoms with Gasteiger partial charge in [0.2, 0.25) is 0 Å². The number of carboxylic acids is 1. The van der Waals surface area contributed by atoms with E-state index in [0.717, 1.165) is 57.8 Å². The molecule has 0 fully saturated rings. The van der Waals surface area contributed by atoms with Gasteiger partial charge in [-0.05, 0) is 51.4 Å². The molecule has 0 unspecified atom stereocenters. The normalized spacial score (nSPS) is 11.8. The molecule has 0 heterocycles. The SMILES string of the molecule is C=CCCCC=CCC=CCC=CCCCCCCC(=O)O. The Morgan fingerprint density at radius 2 is 1.27 bits per heavy atom. The van der Waals surface area contributed by atoms with Crippen LogP contribution in [0.15, 0.2) is 49.1 Å². The molecule has 0 amide bonds. The average Bonchev–Trinajstić information content (AvgIpc) is 2.50. The van der Waals surface area contributed by atoms with E-state index in [4.69, 9.17) is 5.11 Å². The lowest BCUT2D eigenvalue weighted by Crippen LogP contribution is -1.93. The fourth-order valence-electron chi connectivity index (χ4n) is 2.05. The van der Waals surface area contributed by atoms with E-state index in [1.54, 1.807) is 0 Å². The highest BCUT2D eigenvalue weighted by atomic mass is 16.4. The summed E-state index contributed by atoms with van der Waals surface area (Å²) in [6, 6.07) is 0. The second kappa shape index (κ2) is 17.5. The first-order chi connectivity index (χ1) is 10.8. The summed E-state index contributed by atoms with van der Waals surface area (Å²) in [5.74, 6) is -0.682. The van der Waals surface area contributed by atoms with Crippen LogP contribution in [0.2, 0.25) is 0 Å². The molecule has 0 aromatic heterocycles. The summed E-state index contributed by atoms with van der Waals surface area (Å²) in [5, 5.41) is 8.51. The van der Waals surface area contributed by atoms with Crippen LogP contribution in [0.1, 0.15) is 70.6 Å². The van der Waals surface area contributed by atoms with E-state index in [9.17, 15) is 4.79 Å². The molecular weight excluding hydrogens is 272 g/mol. The lowest BCUT2D eigenvalue weighted by atomic mass is 10.1. The van der Waals surface area contributed by atoms with Crippen molar-refractivity contribution in [3.8, 4) is 0 Å². The van der Waals surface area contributed by atoms with Crippen LogP contribution < -0.4 is 0 Å².